The predicted octanol–water partition coefficient (Wildman–Crippen LogP) is 2.20. The van der Waals surface area contributed by atoms with Crippen LogP contribution in [0.4, 0.5) is 0 Å². The Balaban J connectivity index is 1.70. The molecule has 0 aromatic heterocycles. The minimum Gasteiger partial charge on any atom is -0.382 e. The van der Waals surface area contributed by atoms with Crippen molar-refractivity contribution in [1.29, 1.82) is 0 Å². The SMILES string of the molecule is CC1(C)C[C@H]2C[C@](C)(C[NH+]2C[C@H](O)c2ccccc2)C1. The van der Waals surface area contributed by atoms with E-state index in [0.29, 0.717) is 10.8 Å². The van der Waals surface area contributed by atoms with Crippen LogP contribution in [0.1, 0.15) is 51.7 Å². The van der Waals surface area contributed by atoms with Crippen LogP contribution in [0.25, 0.3) is 0 Å². The minimum atomic E-state index is -0.322. The van der Waals surface area contributed by atoms with Crippen molar-refractivity contribution < 1.29 is 10.0 Å². The normalized spacial score (nSPS) is 36.8. The standard InChI is InChI=1S/C18H27NO/c1-17(2)9-15-10-18(3,12-17)13-19(15)11-16(20)14-7-5-4-6-8-14/h4-8,15-16,20H,9-13H2,1-3H3/p+1/t15-,16-,18-/m0/s1. The van der Waals surface area contributed by atoms with Crippen molar-refractivity contribution in [1.82, 2.24) is 0 Å². The molecule has 0 spiro atoms. The van der Waals surface area contributed by atoms with Gasteiger partial charge in [-0.15, -0.1) is 0 Å². The monoisotopic (exact) mass is 274 g/mol. The van der Waals surface area contributed by atoms with E-state index in [2.05, 4.69) is 20.8 Å². The highest BCUT2D eigenvalue weighted by molar-refractivity contribution is 5.17. The molecule has 1 saturated carbocycles. The molecule has 1 aliphatic carbocycles. The van der Waals surface area contributed by atoms with Gasteiger partial charge >= 0.3 is 0 Å². The van der Waals surface area contributed by atoms with Crippen molar-refractivity contribution >= 4 is 0 Å². The number of likely N-dealkylation sites (tertiary alicyclic amines) is 1. The summed E-state index contributed by atoms with van der Waals surface area (Å²) in [4.78, 5) is 1.62. The molecule has 1 aromatic carbocycles. The molecule has 3 rings (SSSR count). The van der Waals surface area contributed by atoms with Crippen molar-refractivity contribution in [2.45, 2.75) is 52.2 Å². The number of quaternary nitrogens is 1. The fraction of sp³-hybridized carbons (Fsp3) is 0.667. The maximum atomic E-state index is 10.5. The van der Waals surface area contributed by atoms with Crippen molar-refractivity contribution in [2.75, 3.05) is 13.1 Å². The van der Waals surface area contributed by atoms with Crippen LogP contribution < -0.4 is 4.90 Å². The molecule has 0 radical (unpaired) electrons. The van der Waals surface area contributed by atoms with Crippen LogP contribution in [0.5, 0.6) is 0 Å². The van der Waals surface area contributed by atoms with Crippen LogP contribution >= 0.6 is 0 Å². The summed E-state index contributed by atoms with van der Waals surface area (Å²) in [5.41, 5.74) is 2.01. The smallest absolute Gasteiger partial charge is 0.128 e. The zero-order chi connectivity index (χ0) is 14.4. The third-order valence-electron chi connectivity index (χ3n) is 5.31. The van der Waals surface area contributed by atoms with E-state index in [9.17, 15) is 5.11 Å². The maximum absolute atomic E-state index is 10.5. The molecular weight excluding hydrogens is 246 g/mol. The van der Waals surface area contributed by atoms with E-state index < -0.39 is 0 Å². The molecule has 1 saturated heterocycles. The molecule has 2 heteroatoms. The van der Waals surface area contributed by atoms with E-state index in [1.807, 2.05) is 30.3 Å². The van der Waals surface area contributed by atoms with Crippen molar-refractivity contribution in [3.8, 4) is 0 Å². The molecule has 1 unspecified atom stereocenters. The lowest BCUT2D eigenvalue weighted by Crippen LogP contribution is -3.14. The number of benzene rings is 1. The van der Waals surface area contributed by atoms with Gasteiger partial charge in [0, 0.05) is 18.3 Å². The van der Waals surface area contributed by atoms with Gasteiger partial charge in [0.25, 0.3) is 0 Å². The molecule has 1 heterocycles. The quantitative estimate of drug-likeness (QED) is 0.868. The summed E-state index contributed by atoms with van der Waals surface area (Å²) in [6, 6.07) is 10.9. The van der Waals surface area contributed by atoms with Gasteiger partial charge in [-0.25, -0.2) is 0 Å². The van der Waals surface area contributed by atoms with E-state index in [1.165, 1.54) is 25.8 Å². The molecule has 2 N–H and O–H groups in total. The molecule has 2 fully saturated rings. The Kier molecular flexibility index (Phi) is 3.42. The highest BCUT2D eigenvalue weighted by Gasteiger charge is 2.52. The molecule has 2 bridgehead atoms. The van der Waals surface area contributed by atoms with Crippen molar-refractivity contribution in [2.24, 2.45) is 10.8 Å². The number of hydrogen-bond acceptors (Lipinski definition) is 1. The van der Waals surface area contributed by atoms with Gasteiger partial charge in [-0.2, -0.15) is 0 Å². The second-order valence-electron chi connectivity index (χ2n) is 8.22. The predicted molar refractivity (Wildman–Crippen MR) is 81.6 cm³/mol. The van der Waals surface area contributed by atoms with Gasteiger partial charge in [0.1, 0.15) is 12.6 Å². The van der Waals surface area contributed by atoms with E-state index in [-0.39, 0.29) is 6.10 Å². The number of fused-ring (bicyclic) bond motifs is 2. The second kappa shape index (κ2) is 4.85. The summed E-state index contributed by atoms with van der Waals surface area (Å²) in [5.74, 6) is 0. The molecule has 110 valence electrons. The molecule has 4 atom stereocenters. The Bertz CT molecular complexity index is 470. The van der Waals surface area contributed by atoms with E-state index in [4.69, 9.17) is 0 Å². The Morgan fingerprint density at radius 2 is 1.90 bits per heavy atom. The summed E-state index contributed by atoms with van der Waals surface area (Å²) in [6.45, 7) is 9.36. The first-order valence-corrected chi connectivity index (χ1v) is 7.95. The first-order chi connectivity index (χ1) is 9.37. The van der Waals surface area contributed by atoms with Crippen LogP contribution in [-0.2, 0) is 0 Å². The minimum absolute atomic E-state index is 0.322. The molecule has 1 aliphatic heterocycles. The third kappa shape index (κ3) is 2.77. The lowest BCUT2D eigenvalue weighted by atomic mass is 9.65. The average molecular weight is 274 g/mol. The summed E-state index contributed by atoms with van der Waals surface area (Å²) in [5, 5.41) is 10.5. The molecule has 1 aromatic rings. The van der Waals surface area contributed by atoms with Crippen molar-refractivity contribution in [3.05, 3.63) is 35.9 Å². The average Bonchev–Trinajstić information content (AvgIpc) is 2.59. The Hall–Kier alpha value is -0.860. The molecule has 2 nitrogen and oxygen atoms in total. The fourth-order valence-electron chi connectivity index (χ4n) is 5.03. The zero-order valence-electron chi connectivity index (χ0n) is 13.0. The first-order valence-electron chi connectivity index (χ1n) is 7.95. The number of nitrogens with one attached hydrogen (secondary N) is 1. The van der Waals surface area contributed by atoms with E-state index >= 15 is 0 Å². The zero-order valence-corrected chi connectivity index (χ0v) is 13.0. The van der Waals surface area contributed by atoms with Gasteiger partial charge in [0.2, 0.25) is 0 Å². The number of hydrogen-bond donors (Lipinski definition) is 2. The summed E-state index contributed by atoms with van der Waals surface area (Å²) in [7, 11) is 0. The van der Waals surface area contributed by atoms with Crippen LogP contribution in [0.2, 0.25) is 0 Å². The second-order valence-corrected chi connectivity index (χ2v) is 8.22. The topological polar surface area (TPSA) is 24.7 Å². The largest absolute Gasteiger partial charge is 0.382 e. The first kappa shape index (κ1) is 14.1. The Morgan fingerprint density at radius 3 is 2.60 bits per heavy atom. The highest BCUT2D eigenvalue weighted by atomic mass is 16.3. The van der Waals surface area contributed by atoms with Gasteiger partial charge in [0.15, 0.2) is 0 Å². The van der Waals surface area contributed by atoms with Crippen LogP contribution in [0.3, 0.4) is 0 Å². The third-order valence-corrected chi connectivity index (χ3v) is 5.31. The van der Waals surface area contributed by atoms with Gasteiger partial charge in [-0.05, 0) is 17.4 Å². The van der Waals surface area contributed by atoms with Gasteiger partial charge < -0.3 is 10.0 Å². The number of aliphatic hydroxyl groups excluding tert-OH is 1. The molecule has 0 amide bonds. The summed E-state index contributed by atoms with van der Waals surface area (Å²) < 4.78 is 0. The lowest BCUT2D eigenvalue weighted by molar-refractivity contribution is -0.918. The Labute approximate surface area is 122 Å². The lowest BCUT2D eigenvalue weighted by Gasteiger charge is -2.37. The highest BCUT2D eigenvalue weighted by Crippen LogP contribution is 2.47. The summed E-state index contributed by atoms with van der Waals surface area (Å²) >= 11 is 0. The van der Waals surface area contributed by atoms with Crippen LogP contribution in [0.15, 0.2) is 30.3 Å². The number of rotatable bonds is 3. The van der Waals surface area contributed by atoms with E-state index in [0.717, 1.165) is 18.2 Å². The molecule has 20 heavy (non-hydrogen) atoms. The van der Waals surface area contributed by atoms with E-state index in [1.54, 1.807) is 4.90 Å². The van der Waals surface area contributed by atoms with Gasteiger partial charge in [0.05, 0.1) is 12.6 Å². The fourth-order valence-corrected chi connectivity index (χ4v) is 5.03. The molecule has 2 aliphatic rings. The summed E-state index contributed by atoms with van der Waals surface area (Å²) in [6.07, 6.45) is 3.66. The van der Waals surface area contributed by atoms with Gasteiger partial charge in [-0.3, -0.25) is 0 Å². The maximum Gasteiger partial charge on any atom is 0.128 e. The van der Waals surface area contributed by atoms with Crippen LogP contribution in [-0.4, -0.2) is 24.2 Å². The number of aliphatic hydroxyl groups is 1. The van der Waals surface area contributed by atoms with Crippen LogP contribution in [0, 0.1) is 10.8 Å². The van der Waals surface area contributed by atoms with Crippen molar-refractivity contribution in [3.63, 3.8) is 0 Å². The molecular formula is C18H28NO+. The van der Waals surface area contributed by atoms with Gasteiger partial charge in [-0.1, -0.05) is 51.1 Å². The Morgan fingerprint density at radius 1 is 1.20 bits per heavy atom.